The number of benzene rings is 1. The molecule has 5 rings (SSSR count). The van der Waals surface area contributed by atoms with Gasteiger partial charge in [-0.3, -0.25) is 14.5 Å². The summed E-state index contributed by atoms with van der Waals surface area (Å²) in [7, 11) is -4.21. The smallest absolute Gasteiger partial charge is 0.271 e. The van der Waals surface area contributed by atoms with Crippen molar-refractivity contribution in [2.75, 3.05) is 16.6 Å². The van der Waals surface area contributed by atoms with Crippen LogP contribution in [0.3, 0.4) is 0 Å². The molecule has 4 heterocycles. The van der Waals surface area contributed by atoms with E-state index in [4.69, 9.17) is 0 Å². The number of rotatable bonds is 6. The summed E-state index contributed by atoms with van der Waals surface area (Å²) >= 11 is 2.99. The highest BCUT2D eigenvalue weighted by molar-refractivity contribution is 14.1. The molecule has 0 saturated carbocycles. The van der Waals surface area contributed by atoms with Crippen LogP contribution in [0.5, 0.6) is 0 Å². The van der Waals surface area contributed by atoms with Crippen LogP contribution in [-0.4, -0.2) is 30.7 Å². The predicted octanol–water partition coefficient (Wildman–Crippen LogP) is 5.28. The van der Waals surface area contributed by atoms with Crippen molar-refractivity contribution in [3.8, 4) is 10.6 Å². The zero-order valence-corrected chi connectivity index (χ0v) is 21.4. The zero-order chi connectivity index (χ0) is 24.7. The highest BCUT2D eigenvalue weighted by atomic mass is 127. The van der Waals surface area contributed by atoms with E-state index < -0.39 is 44.6 Å². The third kappa shape index (κ3) is 4.52. The van der Waals surface area contributed by atoms with Crippen molar-refractivity contribution in [3.63, 3.8) is 0 Å². The number of ketones is 1. The second kappa shape index (κ2) is 9.24. The van der Waals surface area contributed by atoms with E-state index in [1.165, 1.54) is 6.07 Å². The molecule has 0 bridgehead atoms. The van der Waals surface area contributed by atoms with Gasteiger partial charge in [0.1, 0.15) is 15.8 Å². The number of anilines is 2. The summed E-state index contributed by atoms with van der Waals surface area (Å²) in [5, 5.41) is 2.96. The number of sulfonamides is 1. The number of pyridine rings is 2. The van der Waals surface area contributed by atoms with Crippen molar-refractivity contribution in [2.24, 2.45) is 0 Å². The molecule has 4 aromatic rings. The van der Waals surface area contributed by atoms with Gasteiger partial charge in [-0.05, 0) is 65.1 Å². The number of nitrogens with zero attached hydrogens (tertiary/aromatic N) is 2. The molecule has 0 aliphatic carbocycles. The van der Waals surface area contributed by atoms with Crippen molar-refractivity contribution in [1.82, 2.24) is 9.97 Å². The van der Waals surface area contributed by atoms with Crippen LogP contribution >= 0.6 is 33.9 Å². The van der Waals surface area contributed by atoms with Gasteiger partial charge in [-0.15, -0.1) is 11.3 Å². The lowest BCUT2D eigenvalue weighted by Crippen LogP contribution is -2.20. The number of hydrogen-bond acceptors (Lipinski definition) is 7. The Bertz CT molecular complexity index is 1560. The maximum atomic E-state index is 15.4. The average Bonchev–Trinajstić information content (AvgIpc) is 3.49. The number of carbonyl (C=O) groups excluding carboxylic acids is 1. The second-order valence-electron chi connectivity index (χ2n) is 7.61. The first-order chi connectivity index (χ1) is 16.7. The molecule has 2 N–H and O–H groups in total. The number of thiophene rings is 1. The van der Waals surface area contributed by atoms with Crippen LogP contribution in [0.4, 0.5) is 20.3 Å². The molecule has 1 aliphatic heterocycles. The second-order valence-corrected chi connectivity index (χ2v) is 11.9. The largest absolute Gasteiger partial charge is 0.369 e. The van der Waals surface area contributed by atoms with Crippen LogP contribution in [0, 0.1) is 15.2 Å². The standard InChI is InChI=1S/C23H15F2IN4O3S2/c24-15-4-5-17(30-35(32,33)19-7-6-18(34-19)16-3-1-2-8-27-16)21(25)20(15)22(31)14-11-29-23-13(14)9-12(26)10-28-23/h1-10,14,30H,11H2,(H,28,29). The molecule has 0 saturated heterocycles. The minimum Gasteiger partial charge on any atom is -0.369 e. The Morgan fingerprint density at radius 1 is 1.14 bits per heavy atom. The Balaban J connectivity index is 1.46. The minimum absolute atomic E-state index is 0.0793. The number of hydrogen-bond donors (Lipinski definition) is 2. The SMILES string of the molecule is O=C(c1c(F)ccc(NS(=O)(=O)c2ccc(-c3ccccn3)s2)c1F)C1CNc2ncc(I)cc21. The third-order valence-corrected chi connectivity index (χ3v) is 8.95. The quantitative estimate of drug-likeness (QED) is 0.224. The van der Waals surface area contributed by atoms with Gasteiger partial charge in [0.25, 0.3) is 10.0 Å². The van der Waals surface area contributed by atoms with Crippen LogP contribution in [0.25, 0.3) is 10.6 Å². The number of fused-ring (bicyclic) bond motifs is 1. The fourth-order valence-corrected chi connectivity index (χ4v) is 6.57. The molecule has 0 spiro atoms. The van der Waals surface area contributed by atoms with Crippen LogP contribution in [0.2, 0.25) is 0 Å². The maximum Gasteiger partial charge on any atom is 0.271 e. The zero-order valence-electron chi connectivity index (χ0n) is 17.6. The molecule has 0 amide bonds. The molecule has 35 heavy (non-hydrogen) atoms. The van der Waals surface area contributed by atoms with Crippen molar-refractivity contribution in [2.45, 2.75) is 10.1 Å². The van der Waals surface area contributed by atoms with Gasteiger partial charge >= 0.3 is 0 Å². The molecular weight excluding hydrogens is 609 g/mol. The Kier molecular flexibility index (Phi) is 6.27. The highest BCUT2D eigenvalue weighted by Crippen LogP contribution is 2.36. The van der Waals surface area contributed by atoms with Crippen LogP contribution in [0.1, 0.15) is 21.8 Å². The van der Waals surface area contributed by atoms with Crippen molar-refractivity contribution in [3.05, 3.63) is 87.3 Å². The first-order valence-electron chi connectivity index (χ1n) is 10.2. The van der Waals surface area contributed by atoms with Gasteiger partial charge in [0.15, 0.2) is 11.6 Å². The van der Waals surface area contributed by atoms with Gasteiger partial charge in [0.2, 0.25) is 0 Å². The molecule has 3 aromatic heterocycles. The Hall–Kier alpha value is -2.97. The lowest BCUT2D eigenvalue weighted by molar-refractivity contribution is 0.0958. The molecular formula is C23H15F2IN4O3S2. The first kappa shape index (κ1) is 23.8. The Labute approximate surface area is 216 Å². The highest BCUT2D eigenvalue weighted by Gasteiger charge is 2.34. The summed E-state index contributed by atoms with van der Waals surface area (Å²) in [6.45, 7) is 0.127. The van der Waals surface area contributed by atoms with Crippen molar-refractivity contribution in [1.29, 1.82) is 0 Å². The van der Waals surface area contributed by atoms with Crippen LogP contribution < -0.4 is 10.0 Å². The van der Waals surface area contributed by atoms with Crippen LogP contribution in [0.15, 0.2) is 65.1 Å². The monoisotopic (exact) mass is 624 g/mol. The predicted molar refractivity (Wildman–Crippen MR) is 137 cm³/mol. The molecule has 12 heteroatoms. The van der Waals surface area contributed by atoms with Gasteiger partial charge < -0.3 is 5.32 Å². The summed E-state index contributed by atoms with van der Waals surface area (Å²) in [4.78, 5) is 22.2. The normalized spacial score (nSPS) is 14.9. The van der Waals surface area contributed by atoms with Crippen LogP contribution in [-0.2, 0) is 10.0 Å². The Morgan fingerprint density at radius 2 is 1.97 bits per heavy atom. The summed E-state index contributed by atoms with van der Waals surface area (Å²) in [5.74, 6) is -3.53. The average molecular weight is 624 g/mol. The number of nitrogens with one attached hydrogen (secondary N) is 2. The summed E-state index contributed by atoms with van der Waals surface area (Å²) in [6.07, 6.45) is 3.20. The fourth-order valence-electron chi connectivity index (χ4n) is 3.75. The number of halogens is 3. The lowest BCUT2D eigenvalue weighted by Gasteiger charge is -2.14. The van der Waals surface area contributed by atoms with E-state index in [1.54, 1.807) is 42.7 Å². The molecule has 1 aromatic carbocycles. The molecule has 1 atom stereocenters. The van der Waals surface area contributed by atoms with Gasteiger partial charge in [-0.1, -0.05) is 6.07 Å². The first-order valence-corrected chi connectivity index (χ1v) is 13.6. The molecule has 1 aliphatic rings. The summed E-state index contributed by atoms with van der Waals surface area (Å²) in [5.41, 5.74) is -0.194. The molecule has 0 fully saturated rings. The van der Waals surface area contributed by atoms with E-state index in [2.05, 4.69) is 20.0 Å². The number of aromatic nitrogens is 2. The van der Waals surface area contributed by atoms with Crippen molar-refractivity contribution >= 4 is 61.2 Å². The maximum absolute atomic E-state index is 15.4. The molecule has 7 nitrogen and oxygen atoms in total. The number of Topliss-reactive ketones (excluding diaryl/α,β-unsaturated/α-hetero) is 1. The molecule has 1 unspecified atom stereocenters. The van der Waals surface area contributed by atoms with E-state index in [9.17, 15) is 17.6 Å². The lowest BCUT2D eigenvalue weighted by atomic mass is 9.92. The fraction of sp³-hybridized carbons (Fsp3) is 0.0870. The van der Waals surface area contributed by atoms with Gasteiger partial charge in [-0.25, -0.2) is 22.2 Å². The van der Waals surface area contributed by atoms with Gasteiger partial charge in [0, 0.05) is 28.1 Å². The summed E-state index contributed by atoms with van der Waals surface area (Å²) in [6, 6.07) is 11.8. The minimum atomic E-state index is -4.21. The van der Waals surface area contributed by atoms with Gasteiger partial charge in [-0.2, -0.15) is 0 Å². The van der Waals surface area contributed by atoms with E-state index in [1.807, 2.05) is 22.6 Å². The van der Waals surface area contributed by atoms with E-state index >= 15 is 4.39 Å². The van der Waals surface area contributed by atoms with Gasteiger partial charge in [0.05, 0.1) is 27.7 Å². The molecule has 178 valence electrons. The van der Waals surface area contributed by atoms with E-state index in [0.29, 0.717) is 22.0 Å². The summed E-state index contributed by atoms with van der Waals surface area (Å²) < 4.78 is 58.7. The van der Waals surface area contributed by atoms with Crippen molar-refractivity contribution < 1.29 is 22.0 Å². The number of carbonyl (C=O) groups is 1. The topological polar surface area (TPSA) is 101 Å². The van der Waals surface area contributed by atoms with E-state index in [-0.39, 0.29) is 10.8 Å². The van der Waals surface area contributed by atoms with E-state index in [0.717, 1.165) is 27.0 Å². The Morgan fingerprint density at radius 3 is 2.74 bits per heavy atom. The third-order valence-electron chi connectivity index (χ3n) is 5.39. The molecule has 0 radical (unpaired) electrons.